The van der Waals surface area contributed by atoms with Crippen LogP contribution in [0.1, 0.15) is 6.92 Å². The van der Waals surface area contributed by atoms with Crippen molar-refractivity contribution in [1.82, 2.24) is 0 Å². The Labute approximate surface area is 82.7 Å². The molecule has 5 heteroatoms. The fourth-order valence-electron chi connectivity index (χ4n) is 0.635. The Morgan fingerprint density at radius 2 is 1.62 bits per heavy atom. The lowest BCUT2D eigenvalue weighted by molar-refractivity contribution is 0.318. The van der Waals surface area contributed by atoms with Crippen LogP contribution in [-0.2, 0) is 0 Å². The molecule has 3 nitrogen and oxygen atoms in total. The van der Waals surface area contributed by atoms with Crippen molar-refractivity contribution in [2.24, 2.45) is 0 Å². The molecule has 0 bridgehead atoms. The van der Waals surface area contributed by atoms with E-state index in [2.05, 4.69) is 0 Å². The monoisotopic (exact) mass is 202 g/mol. The van der Waals surface area contributed by atoms with Crippen molar-refractivity contribution in [3.63, 3.8) is 0 Å². The number of aliphatic hydroxyl groups is 1. The summed E-state index contributed by atoms with van der Waals surface area (Å²) in [6.45, 7) is 1.93. The maximum Gasteiger partial charge on any atom is 0.488 e. The van der Waals surface area contributed by atoms with Crippen LogP contribution in [0, 0.1) is 0 Å². The molecule has 0 aliphatic carbocycles. The highest BCUT2D eigenvalue weighted by Crippen LogP contribution is 2.03. The summed E-state index contributed by atoms with van der Waals surface area (Å²) in [7, 11) is -1.41. The third-order valence-electron chi connectivity index (χ3n) is 1.17. The van der Waals surface area contributed by atoms with E-state index in [4.69, 9.17) is 26.8 Å². The third-order valence-corrected chi connectivity index (χ3v) is 1.42. The number of benzene rings is 1. The summed E-state index contributed by atoms with van der Waals surface area (Å²) in [4.78, 5) is 0. The Bertz CT molecular complexity index is 225. The zero-order valence-corrected chi connectivity index (χ0v) is 8.07. The SMILES string of the molecule is CCO.OB(O)c1ccc(Cl)cc1. The highest BCUT2D eigenvalue weighted by molar-refractivity contribution is 6.58. The van der Waals surface area contributed by atoms with Crippen molar-refractivity contribution in [2.75, 3.05) is 6.61 Å². The molecule has 0 fully saturated rings. The molecular weight excluding hydrogens is 190 g/mol. The largest absolute Gasteiger partial charge is 0.488 e. The summed E-state index contributed by atoms with van der Waals surface area (Å²) >= 11 is 5.55. The maximum absolute atomic E-state index is 8.63. The standard InChI is InChI=1S/C6H6BClO2.C2H6O/c8-6-3-1-5(2-4-6)7(9)10;1-2-3/h1-4,9-10H;3H,2H2,1H3. The lowest BCUT2D eigenvalue weighted by atomic mass is 9.81. The maximum atomic E-state index is 8.63. The molecule has 0 amide bonds. The number of halogens is 1. The van der Waals surface area contributed by atoms with Gasteiger partial charge in [-0.2, -0.15) is 0 Å². The molecule has 13 heavy (non-hydrogen) atoms. The van der Waals surface area contributed by atoms with Gasteiger partial charge in [0.15, 0.2) is 0 Å². The predicted octanol–water partition coefficient (Wildman–Crippen LogP) is 0.0184. The first kappa shape index (κ1) is 12.5. The van der Waals surface area contributed by atoms with Gasteiger partial charge in [0.05, 0.1) is 0 Å². The number of rotatable bonds is 1. The Morgan fingerprint density at radius 3 is 1.92 bits per heavy atom. The normalized spacial score (nSPS) is 8.69. The van der Waals surface area contributed by atoms with E-state index in [0.29, 0.717) is 10.5 Å². The highest BCUT2D eigenvalue weighted by Gasteiger charge is 2.08. The fraction of sp³-hybridized carbons (Fsp3) is 0.250. The van der Waals surface area contributed by atoms with Crippen LogP contribution in [0.5, 0.6) is 0 Å². The van der Waals surface area contributed by atoms with Gasteiger partial charge in [-0.1, -0.05) is 23.7 Å². The first-order valence-corrected chi connectivity index (χ1v) is 4.22. The second-order valence-corrected chi connectivity index (χ2v) is 2.68. The number of hydrogen-bond acceptors (Lipinski definition) is 3. The van der Waals surface area contributed by atoms with Crippen molar-refractivity contribution in [2.45, 2.75) is 6.92 Å². The van der Waals surface area contributed by atoms with E-state index in [1.165, 1.54) is 0 Å². The molecule has 0 atom stereocenters. The molecule has 1 rings (SSSR count). The summed E-state index contributed by atoms with van der Waals surface area (Å²) in [6.07, 6.45) is 0. The van der Waals surface area contributed by atoms with Crippen LogP contribution in [0.15, 0.2) is 24.3 Å². The highest BCUT2D eigenvalue weighted by atomic mass is 35.5. The molecule has 0 unspecified atom stereocenters. The molecule has 0 spiro atoms. The van der Waals surface area contributed by atoms with Gasteiger partial charge >= 0.3 is 7.12 Å². The van der Waals surface area contributed by atoms with Gasteiger partial charge < -0.3 is 15.2 Å². The average Bonchev–Trinajstić information content (AvgIpc) is 2.06. The van der Waals surface area contributed by atoms with Gasteiger partial charge in [-0.25, -0.2) is 0 Å². The summed E-state index contributed by atoms with van der Waals surface area (Å²) in [6, 6.07) is 6.34. The van der Waals surface area contributed by atoms with Crippen LogP contribution in [0.25, 0.3) is 0 Å². The summed E-state index contributed by atoms with van der Waals surface area (Å²) in [5, 5.41) is 25.4. The Kier molecular flexibility index (Phi) is 6.63. The van der Waals surface area contributed by atoms with Gasteiger partial charge in [0.2, 0.25) is 0 Å². The van der Waals surface area contributed by atoms with Crippen LogP contribution in [0.3, 0.4) is 0 Å². The van der Waals surface area contributed by atoms with E-state index in [1.807, 2.05) is 0 Å². The molecular formula is C8H12BClO3. The smallest absolute Gasteiger partial charge is 0.423 e. The third kappa shape index (κ3) is 5.66. The van der Waals surface area contributed by atoms with Crippen molar-refractivity contribution in [3.05, 3.63) is 29.3 Å². The molecule has 0 saturated heterocycles. The van der Waals surface area contributed by atoms with Crippen molar-refractivity contribution in [3.8, 4) is 0 Å². The second-order valence-electron chi connectivity index (χ2n) is 2.24. The lowest BCUT2D eigenvalue weighted by Crippen LogP contribution is -2.29. The average molecular weight is 202 g/mol. The minimum absolute atomic E-state index is 0.250. The van der Waals surface area contributed by atoms with Crippen LogP contribution >= 0.6 is 11.6 Å². The Morgan fingerprint density at radius 1 is 1.23 bits per heavy atom. The van der Waals surface area contributed by atoms with E-state index < -0.39 is 7.12 Å². The predicted molar refractivity (Wildman–Crippen MR) is 54.0 cm³/mol. The molecule has 0 aliphatic heterocycles. The van der Waals surface area contributed by atoms with Gasteiger partial charge in [0.1, 0.15) is 0 Å². The first-order valence-electron chi connectivity index (χ1n) is 3.84. The molecule has 1 aromatic carbocycles. The number of hydrogen-bond donors (Lipinski definition) is 3. The molecule has 0 heterocycles. The number of aliphatic hydroxyl groups excluding tert-OH is 1. The molecule has 1 aromatic rings. The van der Waals surface area contributed by atoms with Gasteiger partial charge in [-0.15, -0.1) is 0 Å². The molecule has 0 aliphatic rings. The van der Waals surface area contributed by atoms with E-state index in [0.717, 1.165) is 0 Å². The van der Waals surface area contributed by atoms with Gasteiger partial charge in [-0.3, -0.25) is 0 Å². The van der Waals surface area contributed by atoms with Crippen LogP contribution in [-0.4, -0.2) is 28.9 Å². The van der Waals surface area contributed by atoms with Crippen LogP contribution < -0.4 is 5.46 Å². The van der Waals surface area contributed by atoms with E-state index in [-0.39, 0.29) is 6.61 Å². The van der Waals surface area contributed by atoms with Crippen LogP contribution in [0.4, 0.5) is 0 Å². The van der Waals surface area contributed by atoms with Gasteiger partial charge in [0.25, 0.3) is 0 Å². The van der Waals surface area contributed by atoms with Crippen molar-refractivity contribution in [1.29, 1.82) is 0 Å². The van der Waals surface area contributed by atoms with Gasteiger partial charge in [-0.05, 0) is 24.5 Å². The Hall–Kier alpha value is -0.545. The summed E-state index contributed by atoms with van der Waals surface area (Å²) in [5.74, 6) is 0. The zero-order valence-electron chi connectivity index (χ0n) is 7.31. The van der Waals surface area contributed by atoms with E-state index >= 15 is 0 Å². The van der Waals surface area contributed by atoms with E-state index in [9.17, 15) is 0 Å². The quantitative estimate of drug-likeness (QED) is 0.563. The Balaban J connectivity index is 0.000000424. The summed E-state index contributed by atoms with van der Waals surface area (Å²) < 4.78 is 0. The molecule has 0 radical (unpaired) electrons. The molecule has 3 N–H and O–H groups in total. The van der Waals surface area contributed by atoms with Crippen molar-refractivity contribution < 1.29 is 15.2 Å². The molecule has 72 valence electrons. The summed E-state index contributed by atoms with van der Waals surface area (Å²) in [5.41, 5.74) is 0.449. The van der Waals surface area contributed by atoms with Crippen LogP contribution in [0.2, 0.25) is 5.02 Å². The topological polar surface area (TPSA) is 60.7 Å². The van der Waals surface area contributed by atoms with Crippen molar-refractivity contribution >= 4 is 24.2 Å². The minimum atomic E-state index is -1.41. The zero-order chi connectivity index (χ0) is 10.3. The second kappa shape index (κ2) is 6.92. The minimum Gasteiger partial charge on any atom is -0.423 e. The molecule has 0 aromatic heterocycles. The fourth-order valence-corrected chi connectivity index (χ4v) is 0.761. The first-order chi connectivity index (χ1) is 6.11. The van der Waals surface area contributed by atoms with Gasteiger partial charge in [0, 0.05) is 11.6 Å². The van der Waals surface area contributed by atoms with E-state index in [1.54, 1.807) is 31.2 Å². The lowest BCUT2D eigenvalue weighted by Gasteiger charge is -1.96. The molecule has 0 saturated carbocycles.